The number of aromatic nitrogens is 1. The highest BCUT2D eigenvalue weighted by Gasteiger charge is 2.25. The van der Waals surface area contributed by atoms with Crippen LogP contribution in [0.5, 0.6) is 5.75 Å². The number of piperidine rings is 1. The molecule has 1 atom stereocenters. The van der Waals surface area contributed by atoms with E-state index in [1.165, 1.54) is 5.69 Å². The molecule has 0 bridgehead atoms. The van der Waals surface area contributed by atoms with E-state index in [0.717, 1.165) is 74.6 Å². The second kappa shape index (κ2) is 8.24. The Balaban J connectivity index is 1.67. The second-order valence-corrected chi connectivity index (χ2v) is 7.71. The van der Waals surface area contributed by atoms with Gasteiger partial charge in [-0.3, -0.25) is 4.98 Å². The average molecular weight is 380 g/mol. The third-order valence-electron chi connectivity index (χ3n) is 6.16. The summed E-state index contributed by atoms with van der Waals surface area (Å²) < 4.78 is 11.2. The first-order chi connectivity index (χ1) is 13.7. The molecular formula is C22H28N4O2. The van der Waals surface area contributed by atoms with Crippen LogP contribution in [0.25, 0.3) is 10.9 Å². The number of benzene rings is 1. The van der Waals surface area contributed by atoms with E-state index < -0.39 is 0 Å². The summed E-state index contributed by atoms with van der Waals surface area (Å²) >= 11 is 0. The lowest BCUT2D eigenvalue weighted by atomic mass is 9.86. The summed E-state index contributed by atoms with van der Waals surface area (Å²) in [5, 5.41) is 10.4. The van der Waals surface area contributed by atoms with Gasteiger partial charge in [-0.1, -0.05) is 0 Å². The zero-order valence-electron chi connectivity index (χ0n) is 16.7. The summed E-state index contributed by atoms with van der Waals surface area (Å²) in [5.41, 5.74) is 3.30. The smallest absolute Gasteiger partial charge is 0.144 e. The highest BCUT2D eigenvalue weighted by molar-refractivity contribution is 5.96. The minimum Gasteiger partial charge on any atom is -0.495 e. The van der Waals surface area contributed by atoms with Crippen molar-refractivity contribution in [3.63, 3.8) is 0 Å². The van der Waals surface area contributed by atoms with Gasteiger partial charge in [0, 0.05) is 55.4 Å². The lowest BCUT2D eigenvalue weighted by molar-refractivity contribution is 0.122. The van der Waals surface area contributed by atoms with Crippen molar-refractivity contribution in [3.8, 4) is 11.8 Å². The molecule has 2 aliphatic heterocycles. The Morgan fingerprint density at radius 3 is 2.54 bits per heavy atom. The summed E-state index contributed by atoms with van der Waals surface area (Å²) in [6, 6.07) is 8.81. The lowest BCUT2D eigenvalue weighted by Gasteiger charge is -2.35. The summed E-state index contributed by atoms with van der Waals surface area (Å²) in [4.78, 5) is 9.37. The molecule has 0 spiro atoms. The molecule has 0 saturated carbocycles. The van der Waals surface area contributed by atoms with Crippen molar-refractivity contribution < 1.29 is 9.47 Å². The number of ether oxygens (including phenoxy) is 2. The van der Waals surface area contributed by atoms with E-state index in [1.807, 2.05) is 19.2 Å². The first kappa shape index (κ1) is 18.8. The van der Waals surface area contributed by atoms with Crippen LogP contribution in [-0.4, -0.2) is 51.5 Å². The molecule has 2 aromatic rings. The first-order valence-corrected chi connectivity index (χ1v) is 10.1. The van der Waals surface area contributed by atoms with Crippen molar-refractivity contribution in [1.29, 1.82) is 5.26 Å². The van der Waals surface area contributed by atoms with E-state index in [1.54, 1.807) is 7.11 Å². The maximum absolute atomic E-state index is 9.22. The maximum Gasteiger partial charge on any atom is 0.144 e. The van der Waals surface area contributed by atoms with Gasteiger partial charge in [0.15, 0.2) is 0 Å². The van der Waals surface area contributed by atoms with Crippen LogP contribution in [0.1, 0.15) is 19.8 Å². The van der Waals surface area contributed by atoms with Crippen LogP contribution in [0.3, 0.4) is 0 Å². The molecule has 4 rings (SSSR count). The van der Waals surface area contributed by atoms with Crippen LogP contribution >= 0.6 is 0 Å². The van der Waals surface area contributed by atoms with Crippen molar-refractivity contribution in [1.82, 2.24) is 4.98 Å². The van der Waals surface area contributed by atoms with Crippen LogP contribution in [0, 0.1) is 23.2 Å². The number of anilines is 2. The molecule has 2 fully saturated rings. The molecule has 3 heterocycles. The highest BCUT2D eigenvalue weighted by Crippen LogP contribution is 2.38. The van der Waals surface area contributed by atoms with Gasteiger partial charge in [0.1, 0.15) is 5.75 Å². The molecule has 1 unspecified atom stereocenters. The van der Waals surface area contributed by atoms with Crippen LogP contribution in [0.2, 0.25) is 0 Å². The Labute approximate surface area is 166 Å². The van der Waals surface area contributed by atoms with Crippen molar-refractivity contribution in [3.05, 3.63) is 24.4 Å². The predicted octanol–water partition coefficient (Wildman–Crippen LogP) is 3.46. The molecule has 0 amide bonds. The molecule has 6 nitrogen and oxygen atoms in total. The van der Waals surface area contributed by atoms with Crippen molar-refractivity contribution >= 4 is 22.3 Å². The largest absolute Gasteiger partial charge is 0.495 e. The van der Waals surface area contributed by atoms with Crippen molar-refractivity contribution in [2.75, 3.05) is 56.3 Å². The zero-order chi connectivity index (χ0) is 19.5. The Kier molecular flexibility index (Phi) is 5.54. The average Bonchev–Trinajstić information content (AvgIpc) is 2.78. The molecular weight excluding hydrogens is 352 g/mol. The molecule has 2 aliphatic rings. The molecule has 1 aromatic heterocycles. The fraction of sp³-hybridized carbons (Fsp3) is 0.545. The molecule has 2 saturated heterocycles. The fourth-order valence-electron chi connectivity index (χ4n) is 4.38. The molecule has 0 aliphatic carbocycles. The summed E-state index contributed by atoms with van der Waals surface area (Å²) in [5.74, 6) is 1.49. The minimum atomic E-state index is 0.133. The Morgan fingerprint density at radius 2 is 1.86 bits per heavy atom. The van der Waals surface area contributed by atoms with Crippen LogP contribution in [0.4, 0.5) is 11.4 Å². The lowest BCUT2D eigenvalue weighted by Crippen LogP contribution is -2.36. The number of methoxy groups -OCH3 is 1. The van der Waals surface area contributed by atoms with Crippen LogP contribution in [-0.2, 0) is 4.74 Å². The Morgan fingerprint density at radius 1 is 1.14 bits per heavy atom. The molecule has 28 heavy (non-hydrogen) atoms. The number of pyridine rings is 1. The van der Waals surface area contributed by atoms with Gasteiger partial charge in [0.2, 0.25) is 0 Å². The number of nitriles is 1. The topological polar surface area (TPSA) is 61.6 Å². The van der Waals surface area contributed by atoms with Gasteiger partial charge < -0.3 is 19.3 Å². The number of rotatable bonds is 4. The van der Waals surface area contributed by atoms with Gasteiger partial charge in [0.05, 0.1) is 37.6 Å². The number of fused-ring (bicyclic) bond motifs is 1. The van der Waals surface area contributed by atoms with E-state index in [9.17, 15) is 5.26 Å². The SMILES string of the molecule is COc1cc2nccc(N3CCC(C(C)C#N)CC3)c2cc1N1CCOCC1. The summed E-state index contributed by atoms with van der Waals surface area (Å²) in [6.45, 7) is 7.23. The predicted molar refractivity (Wildman–Crippen MR) is 111 cm³/mol. The Bertz CT molecular complexity index is 865. The van der Waals surface area contributed by atoms with Gasteiger partial charge in [-0.15, -0.1) is 0 Å². The zero-order valence-corrected chi connectivity index (χ0v) is 16.7. The molecule has 148 valence electrons. The normalized spacial score (nSPS) is 19.5. The van der Waals surface area contributed by atoms with E-state index in [2.05, 4.69) is 33.0 Å². The highest BCUT2D eigenvalue weighted by atomic mass is 16.5. The fourth-order valence-corrected chi connectivity index (χ4v) is 4.38. The van der Waals surface area contributed by atoms with Gasteiger partial charge in [-0.05, 0) is 37.8 Å². The monoisotopic (exact) mass is 380 g/mol. The quantitative estimate of drug-likeness (QED) is 0.810. The van der Waals surface area contributed by atoms with Crippen molar-refractivity contribution in [2.24, 2.45) is 11.8 Å². The minimum absolute atomic E-state index is 0.133. The number of nitrogens with zero attached hydrogens (tertiary/aromatic N) is 4. The second-order valence-electron chi connectivity index (χ2n) is 7.71. The number of hydrogen-bond donors (Lipinski definition) is 0. The summed E-state index contributed by atoms with van der Waals surface area (Å²) in [7, 11) is 1.72. The Hall–Kier alpha value is -2.52. The molecule has 1 aromatic carbocycles. The molecule has 6 heteroatoms. The van der Waals surface area contributed by atoms with Gasteiger partial charge >= 0.3 is 0 Å². The van der Waals surface area contributed by atoms with E-state index in [4.69, 9.17) is 9.47 Å². The van der Waals surface area contributed by atoms with Gasteiger partial charge in [-0.25, -0.2) is 0 Å². The van der Waals surface area contributed by atoms with E-state index in [0.29, 0.717) is 5.92 Å². The number of morpholine rings is 1. The van der Waals surface area contributed by atoms with E-state index in [-0.39, 0.29) is 5.92 Å². The first-order valence-electron chi connectivity index (χ1n) is 10.1. The maximum atomic E-state index is 9.22. The summed E-state index contributed by atoms with van der Waals surface area (Å²) in [6.07, 6.45) is 4.01. The standard InChI is InChI=1S/C22H28N4O2/c1-16(15-23)17-4-7-25(8-5-17)20-3-6-24-19-14-22(27-2)21(13-18(19)20)26-9-11-28-12-10-26/h3,6,13-14,16-17H,4-5,7-12H2,1-2H3. The molecule has 0 N–H and O–H groups in total. The third-order valence-corrected chi connectivity index (χ3v) is 6.16. The third kappa shape index (κ3) is 3.59. The van der Waals surface area contributed by atoms with Crippen molar-refractivity contribution in [2.45, 2.75) is 19.8 Å². The van der Waals surface area contributed by atoms with Crippen LogP contribution < -0.4 is 14.5 Å². The van der Waals surface area contributed by atoms with E-state index >= 15 is 0 Å². The van der Waals surface area contributed by atoms with Gasteiger partial charge in [-0.2, -0.15) is 5.26 Å². The molecule has 0 radical (unpaired) electrons. The van der Waals surface area contributed by atoms with Gasteiger partial charge in [0.25, 0.3) is 0 Å². The van der Waals surface area contributed by atoms with Crippen LogP contribution in [0.15, 0.2) is 24.4 Å². The number of hydrogen-bond acceptors (Lipinski definition) is 6.